The zero-order chi connectivity index (χ0) is 15.3. The molecule has 0 unspecified atom stereocenters. The molecule has 1 fully saturated rings. The molecule has 3 heteroatoms. The fraction of sp³-hybridized carbons (Fsp3) is 0.765. The van der Waals surface area contributed by atoms with Crippen LogP contribution in [0.1, 0.15) is 60.8 Å². The van der Waals surface area contributed by atoms with Crippen molar-refractivity contribution >= 4 is 5.97 Å². The zero-order valence-electron chi connectivity index (χ0n) is 13.7. The molecule has 0 bridgehead atoms. The molecule has 20 heavy (non-hydrogen) atoms. The number of unbranched alkanes of at least 4 members (excludes halogenated alkanes) is 1. The molecule has 1 rings (SSSR count). The summed E-state index contributed by atoms with van der Waals surface area (Å²) < 4.78 is 11.2. The number of cyclic esters (lactones) is 1. The molecule has 0 saturated carbocycles. The molecular formula is C17H28O3. The minimum absolute atomic E-state index is 0.174. The third kappa shape index (κ3) is 4.81. The summed E-state index contributed by atoms with van der Waals surface area (Å²) in [4.78, 5) is 12.1. The summed E-state index contributed by atoms with van der Waals surface area (Å²) in [5.74, 6) is -0.565. The average molecular weight is 280 g/mol. The summed E-state index contributed by atoms with van der Waals surface area (Å²) in [6.07, 6.45) is 4.50. The van der Waals surface area contributed by atoms with E-state index in [0.29, 0.717) is 0 Å². The van der Waals surface area contributed by atoms with Crippen molar-refractivity contribution < 1.29 is 14.3 Å². The third-order valence-corrected chi connectivity index (χ3v) is 3.46. The van der Waals surface area contributed by atoms with Crippen molar-refractivity contribution in [2.24, 2.45) is 11.3 Å². The van der Waals surface area contributed by atoms with Gasteiger partial charge in [0.25, 0.3) is 0 Å². The lowest BCUT2D eigenvalue weighted by molar-refractivity contribution is -0.249. The Morgan fingerprint density at radius 1 is 1.40 bits per heavy atom. The van der Waals surface area contributed by atoms with Gasteiger partial charge in [0.15, 0.2) is 0 Å². The van der Waals surface area contributed by atoms with Crippen LogP contribution in [0.5, 0.6) is 0 Å². The molecule has 114 valence electrons. The molecule has 1 heterocycles. The highest BCUT2D eigenvalue weighted by Gasteiger charge is 2.40. The summed E-state index contributed by atoms with van der Waals surface area (Å²) in [6.45, 7) is 12.1. The van der Waals surface area contributed by atoms with Crippen molar-refractivity contribution in [1.82, 2.24) is 0 Å². The van der Waals surface area contributed by atoms with Gasteiger partial charge in [-0.1, -0.05) is 34.1 Å². The van der Waals surface area contributed by atoms with Crippen molar-refractivity contribution in [2.45, 2.75) is 73.2 Å². The molecule has 0 aromatic heterocycles. The minimum Gasteiger partial charge on any atom is -0.435 e. The molecule has 0 amide bonds. The van der Waals surface area contributed by atoms with Crippen LogP contribution in [0.25, 0.3) is 0 Å². The van der Waals surface area contributed by atoms with Gasteiger partial charge in [-0.3, -0.25) is 4.79 Å². The van der Waals surface area contributed by atoms with Gasteiger partial charge in [-0.15, -0.1) is 5.73 Å². The van der Waals surface area contributed by atoms with Crippen LogP contribution < -0.4 is 0 Å². The normalized spacial score (nSPS) is 26.7. The molecule has 1 saturated heterocycles. The molecule has 0 radical (unpaired) electrons. The Morgan fingerprint density at radius 2 is 2.05 bits per heavy atom. The number of carbonyl (C=O) groups is 1. The van der Waals surface area contributed by atoms with Gasteiger partial charge in [0, 0.05) is 5.41 Å². The summed E-state index contributed by atoms with van der Waals surface area (Å²) >= 11 is 0. The van der Waals surface area contributed by atoms with Crippen LogP contribution in [0.4, 0.5) is 0 Å². The molecule has 1 aliphatic heterocycles. The summed E-state index contributed by atoms with van der Waals surface area (Å²) in [6, 6.07) is 0. The lowest BCUT2D eigenvalue weighted by Crippen LogP contribution is -2.46. The Balaban J connectivity index is 2.74. The fourth-order valence-corrected chi connectivity index (χ4v) is 2.01. The van der Waals surface area contributed by atoms with Crippen molar-refractivity contribution in [3.8, 4) is 0 Å². The summed E-state index contributed by atoms with van der Waals surface area (Å²) in [7, 11) is 0. The van der Waals surface area contributed by atoms with E-state index in [1.807, 2.05) is 34.6 Å². The fourth-order valence-electron chi connectivity index (χ4n) is 2.01. The molecule has 3 atom stereocenters. The highest BCUT2D eigenvalue weighted by atomic mass is 16.7. The lowest BCUT2D eigenvalue weighted by atomic mass is 9.93. The molecule has 0 N–H and O–H groups in total. The molecule has 0 aromatic rings. The maximum absolute atomic E-state index is 12.1. The first kappa shape index (κ1) is 17.0. The van der Waals surface area contributed by atoms with E-state index in [4.69, 9.17) is 9.47 Å². The Kier molecular flexibility index (Phi) is 6.04. The van der Waals surface area contributed by atoms with Gasteiger partial charge >= 0.3 is 5.97 Å². The predicted octanol–water partition coefficient (Wildman–Crippen LogP) is 4.23. The molecule has 0 aromatic carbocycles. The SMILES string of the molecule is CCCCC(C)=C=C[C@@H]1C(=O)O[C@H](C(C)(C)C)O[C@@H]1C. The van der Waals surface area contributed by atoms with Crippen LogP contribution >= 0.6 is 0 Å². The number of hydrogen-bond acceptors (Lipinski definition) is 3. The van der Waals surface area contributed by atoms with E-state index < -0.39 is 6.29 Å². The van der Waals surface area contributed by atoms with Crippen molar-refractivity contribution in [3.63, 3.8) is 0 Å². The van der Waals surface area contributed by atoms with E-state index in [9.17, 15) is 4.79 Å². The summed E-state index contributed by atoms with van der Waals surface area (Å²) in [5, 5.41) is 0. The number of hydrogen-bond donors (Lipinski definition) is 0. The topological polar surface area (TPSA) is 35.5 Å². The third-order valence-electron chi connectivity index (χ3n) is 3.46. The number of rotatable bonds is 4. The van der Waals surface area contributed by atoms with Gasteiger partial charge in [-0.05, 0) is 38.3 Å². The van der Waals surface area contributed by atoms with Gasteiger partial charge in [-0.2, -0.15) is 0 Å². The van der Waals surface area contributed by atoms with E-state index >= 15 is 0 Å². The Morgan fingerprint density at radius 3 is 2.55 bits per heavy atom. The number of ether oxygens (including phenoxy) is 2. The average Bonchev–Trinajstić information content (AvgIpc) is 2.34. The molecule has 1 aliphatic rings. The maximum atomic E-state index is 12.1. The highest BCUT2D eigenvalue weighted by Crippen LogP contribution is 2.31. The van der Waals surface area contributed by atoms with Gasteiger partial charge in [0.05, 0.1) is 6.10 Å². The molecule has 3 nitrogen and oxygen atoms in total. The Hall–Kier alpha value is -1.05. The Bertz CT molecular complexity index is 397. The summed E-state index contributed by atoms with van der Waals surface area (Å²) in [5.41, 5.74) is 4.18. The first-order valence-electron chi connectivity index (χ1n) is 7.54. The van der Waals surface area contributed by atoms with Crippen LogP contribution in [0.15, 0.2) is 17.4 Å². The van der Waals surface area contributed by atoms with E-state index in [1.54, 1.807) is 6.08 Å². The van der Waals surface area contributed by atoms with Crippen LogP contribution in [0.2, 0.25) is 0 Å². The first-order valence-corrected chi connectivity index (χ1v) is 7.54. The Labute approximate surface area is 123 Å². The number of esters is 1. The predicted molar refractivity (Wildman–Crippen MR) is 80.2 cm³/mol. The van der Waals surface area contributed by atoms with E-state index in [-0.39, 0.29) is 23.4 Å². The van der Waals surface area contributed by atoms with E-state index in [2.05, 4.69) is 12.7 Å². The van der Waals surface area contributed by atoms with E-state index in [0.717, 1.165) is 19.3 Å². The van der Waals surface area contributed by atoms with Gasteiger partial charge in [0.1, 0.15) is 5.92 Å². The van der Waals surface area contributed by atoms with E-state index in [1.165, 1.54) is 5.57 Å². The largest absolute Gasteiger partial charge is 0.435 e. The first-order chi connectivity index (χ1) is 9.25. The van der Waals surface area contributed by atoms with Crippen LogP contribution in [0.3, 0.4) is 0 Å². The zero-order valence-corrected chi connectivity index (χ0v) is 13.7. The maximum Gasteiger partial charge on any atom is 0.318 e. The van der Waals surface area contributed by atoms with Crippen molar-refractivity contribution in [3.05, 3.63) is 17.4 Å². The van der Waals surface area contributed by atoms with Crippen LogP contribution in [-0.2, 0) is 14.3 Å². The smallest absolute Gasteiger partial charge is 0.318 e. The molecule has 0 spiro atoms. The molecular weight excluding hydrogens is 252 g/mol. The second-order valence-corrected chi connectivity index (χ2v) is 6.70. The van der Waals surface area contributed by atoms with Gasteiger partial charge in [0.2, 0.25) is 6.29 Å². The van der Waals surface area contributed by atoms with Crippen LogP contribution in [-0.4, -0.2) is 18.4 Å². The van der Waals surface area contributed by atoms with Crippen molar-refractivity contribution in [2.75, 3.05) is 0 Å². The monoisotopic (exact) mass is 280 g/mol. The standard InChI is InChI=1S/C17H28O3/c1-7-8-9-12(2)10-11-14-13(3)19-16(17(4,5)6)20-15(14)18/h11,13-14,16H,7-9H2,1-6H3/t10?,13-,14+,16-/m1/s1. The number of carbonyl (C=O) groups excluding carboxylic acids is 1. The van der Waals surface area contributed by atoms with Gasteiger partial charge in [-0.25, -0.2) is 0 Å². The lowest BCUT2D eigenvalue weighted by Gasteiger charge is -2.38. The quantitative estimate of drug-likeness (QED) is 0.571. The van der Waals surface area contributed by atoms with Gasteiger partial charge < -0.3 is 9.47 Å². The van der Waals surface area contributed by atoms with Crippen LogP contribution in [0, 0.1) is 11.3 Å². The molecule has 0 aliphatic carbocycles. The minimum atomic E-state index is -0.472. The highest BCUT2D eigenvalue weighted by molar-refractivity contribution is 5.75. The van der Waals surface area contributed by atoms with Crippen molar-refractivity contribution in [1.29, 1.82) is 0 Å². The second kappa shape index (κ2) is 7.10. The second-order valence-electron chi connectivity index (χ2n) is 6.70.